The molecule has 3 heterocycles. The molecule has 3 aromatic heterocycles. The molecule has 27 heavy (non-hydrogen) atoms. The number of anilines is 1. The van der Waals surface area contributed by atoms with E-state index in [1.165, 1.54) is 15.5 Å². The van der Waals surface area contributed by atoms with Crippen molar-refractivity contribution < 1.29 is 9.21 Å². The summed E-state index contributed by atoms with van der Waals surface area (Å²) in [5.74, 6) is 0.719. The molecule has 0 unspecified atom stereocenters. The molecule has 0 aliphatic heterocycles. The number of amides is 1. The minimum atomic E-state index is -0.285. The van der Waals surface area contributed by atoms with Crippen LogP contribution in [0.1, 0.15) is 34.5 Å². The highest BCUT2D eigenvalue weighted by Gasteiger charge is 2.22. The standard InChI is InChI=1S/C19H17N3O2S3/c1-2-6-15-21-22-19(27-15)20-18(23)17-13(11-26-16-9-5-10-25-16)12-7-3-4-8-14(12)24-17/h3-5,7-10H,2,6,11H2,1H3,(H,20,22,23). The number of thioether (sulfide) groups is 1. The van der Waals surface area contributed by atoms with E-state index in [0.29, 0.717) is 22.2 Å². The number of hydrogen-bond acceptors (Lipinski definition) is 7. The first kappa shape index (κ1) is 18.2. The number of para-hydroxylation sites is 1. The van der Waals surface area contributed by atoms with Crippen molar-refractivity contribution in [1.82, 2.24) is 10.2 Å². The predicted molar refractivity (Wildman–Crippen MR) is 112 cm³/mol. The zero-order chi connectivity index (χ0) is 18.6. The number of carbonyl (C=O) groups excluding carboxylic acids is 1. The highest BCUT2D eigenvalue weighted by atomic mass is 32.2. The molecule has 1 N–H and O–H groups in total. The van der Waals surface area contributed by atoms with Gasteiger partial charge in [0, 0.05) is 23.1 Å². The molecule has 0 saturated carbocycles. The van der Waals surface area contributed by atoms with E-state index in [-0.39, 0.29) is 5.91 Å². The average molecular weight is 416 g/mol. The summed E-state index contributed by atoms with van der Waals surface area (Å²) in [4.78, 5) is 12.9. The lowest BCUT2D eigenvalue weighted by molar-refractivity contribution is 0.0997. The van der Waals surface area contributed by atoms with Crippen LogP contribution in [0.3, 0.4) is 0 Å². The first-order valence-electron chi connectivity index (χ1n) is 8.55. The van der Waals surface area contributed by atoms with Crippen LogP contribution in [0.4, 0.5) is 5.13 Å². The van der Waals surface area contributed by atoms with Crippen molar-refractivity contribution >= 4 is 56.4 Å². The number of nitrogens with one attached hydrogen (secondary N) is 1. The summed E-state index contributed by atoms with van der Waals surface area (Å²) in [6.45, 7) is 2.09. The number of furan rings is 1. The molecule has 8 heteroatoms. The third-order valence-electron chi connectivity index (χ3n) is 3.91. The van der Waals surface area contributed by atoms with Crippen LogP contribution in [0.15, 0.2) is 50.4 Å². The van der Waals surface area contributed by atoms with E-state index in [9.17, 15) is 4.79 Å². The van der Waals surface area contributed by atoms with Crippen LogP contribution in [0.2, 0.25) is 0 Å². The highest BCUT2D eigenvalue weighted by Crippen LogP contribution is 2.34. The van der Waals surface area contributed by atoms with E-state index in [2.05, 4.69) is 28.5 Å². The second-order valence-corrected chi connectivity index (χ2v) is 9.12. The van der Waals surface area contributed by atoms with Gasteiger partial charge in [0.1, 0.15) is 10.6 Å². The number of carbonyl (C=O) groups is 1. The molecule has 1 aromatic carbocycles. The summed E-state index contributed by atoms with van der Waals surface area (Å²) in [5.41, 5.74) is 1.62. The number of rotatable bonds is 7. The van der Waals surface area contributed by atoms with Gasteiger partial charge in [-0.15, -0.1) is 33.3 Å². The fourth-order valence-corrected chi connectivity index (χ4v) is 5.34. The predicted octanol–water partition coefficient (Wildman–Crippen LogP) is 5.84. The molecule has 0 saturated heterocycles. The minimum Gasteiger partial charge on any atom is -0.451 e. The van der Waals surface area contributed by atoms with Gasteiger partial charge in [0.05, 0.1) is 4.21 Å². The number of nitrogens with zero attached hydrogens (tertiary/aromatic N) is 2. The van der Waals surface area contributed by atoms with Crippen LogP contribution in [-0.4, -0.2) is 16.1 Å². The summed E-state index contributed by atoms with van der Waals surface area (Å²) < 4.78 is 7.10. The van der Waals surface area contributed by atoms with Crippen LogP contribution in [0.5, 0.6) is 0 Å². The molecule has 0 radical (unpaired) electrons. The van der Waals surface area contributed by atoms with Crippen molar-refractivity contribution in [2.75, 3.05) is 5.32 Å². The van der Waals surface area contributed by atoms with Gasteiger partial charge in [-0.25, -0.2) is 0 Å². The SMILES string of the molecule is CCCc1nnc(NC(=O)c2oc3ccccc3c2CSc2cccs2)s1. The van der Waals surface area contributed by atoms with Crippen LogP contribution >= 0.6 is 34.4 Å². The number of aromatic nitrogens is 2. The smallest absolute Gasteiger partial charge is 0.293 e. The van der Waals surface area contributed by atoms with Gasteiger partial charge in [-0.3, -0.25) is 10.1 Å². The molecule has 138 valence electrons. The number of hydrogen-bond donors (Lipinski definition) is 1. The Balaban J connectivity index is 1.60. The Kier molecular flexibility index (Phi) is 5.56. The zero-order valence-electron chi connectivity index (χ0n) is 14.6. The lowest BCUT2D eigenvalue weighted by atomic mass is 10.1. The Morgan fingerprint density at radius 3 is 2.93 bits per heavy atom. The second-order valence-electron chi connectivity index (χ2n) is 5.83. The molecule has 1 amide bonds. The maximum atomic E-state index is 12.9. The number of aryl methyl sites for hydroxylation is 1. The molecule has 0 bridgehead atoms. The lowest BCUT2D eigenvalue weighted by Crippen LogP contribution is -2.12. The molecule has 0 atom stereocenters. The van der Waals surface area contributed by atoms with Gasteiger partial charge in [-0.2, -0.15) is 0 Å². The third kappa shape index (κ3) is 4.07. The van der Waals surface area contributed by atoms with Gasteiger partial charge in [-0.1, -0.05) is 42.5 Å². The first-order chi connectivity index (χ1) is 13.2. The summed E-state index contributed by atoms with van der Waals surface area (Å²) in [6, 6.07) is 11.8. The largest absolute Gasteiger partial charge is 0.451 e. The van der Waals surface area contributed by atoms with Gasteiger partial charge in [-0.05, 0) is 23.9 Å². The summed E-state index contributed by atoms with van der Waals surface area (Å²) in [5, 5.41) is 15.4. The monoisotopic (exact) mass is 415 g/mol. The van der Waals surface area contributed by atoms with Crippen molar-refractivity contribution in [2.24, 2.45) is 0 Å². The van der Waals surface area contributed by atoms with E-state index in [0.717, 1.165) is 28.8 Å². The molecule has 0 aliphatic carbocycles. The van der Waals surface area contributed by atoms with E-state index in [1.807, 2.05) is 35.7 Å². The second kappa shape index (κ2) is 8.24. The first-order valence-corrected chi connectivity index (χ1v) is 11.2. The van der Waals surface area contributed by atoms with E-state index >= 15 is 0 Å². The third-order valence-corrected chi connectivity index (χ3v) is 6.97. The van der Waals surface area contributed by atoms with E-state index < -0.39 is 0 Å². The van der Waals surface area contributed by atoms with Crippen molar-refractivity contribution in [3.8, 4) is 0 Å². The summed E-state index contributed by atoms with van der Waals surface area (Å²) in [6.07, 6.45) is 1.86. The number of fused-ring (bicyclic) bond motifs is 1. The number of thiophene rings is 1. The van der Waals surface area contributed by atoms with Crippen molar-refractivity contribution in [3.63, 3.8) is 0 Å². The van der Waals surface area contributed by atoms with Crippen LogP contribution in [0.25, 0.3) is 11.0 Å². The Hall–Kier alpha value is -2.16. The molecule has 4 aromatic rings. The van der Waals surface area contributed by atoms with Gasteiger partial charge < -0.3 is 4.42 Å². The van der Waals surface area contributed by atoms with Gasteiger partial charge >= 0.3 is 0 Å². The fraction of sp³-hybridized carbons (Fsp3) is 0.211. The Morgan fingerprint density at radius 2 is 2.11 bits per heavy atom. The fourth-order valence-electron chi connectivity index (χ4n) is 2.69. The van der Waals surface area contributed by atoms with Gasteiger partial charge in [0.2, 0.25) is 5.13 Å². The Labute approximate surface area is 168 Å². The van der Waals surface area contributed by atoms with E-state index in [1.54, 1.807) is 23.1 Å². The Morgan fingerprint density at radius 1 is 1.22 bits per heavy atom. The van der Waals surface area contributed by atoms with Gasteiger partial charge in [0.25, 0.3) is 5.91 Å². The topological polar surface area (TPSA) is 68.0 Å². The molecule has 0 spiro atoms. The van der Waals surface area contributed by atoms with Crippen molar-refractivity contribution in [2.45, 2.75) is 29.7 Å². The van der Waals surface area contributed by atoms with Crippen LogP contribution < -0.4 is 5.32 Å². The highest BCUT2D eigenvalue weighted by molar-refractivity contribution is 8.00. The van der Waals surface area contributed by atoms with Gasteiger partial charge in [0.15, 0.2) is 5.76 Å². The molecular weight excluding hydrogens is 398 g/mol. The Bertz CT molecular complexity index is 1050. The lowest BCUT2D eigenvalue weighted by Gasteiger charge is -2.02. The molecule has 0 aliphatic rings. The minimum absolute atomic E-state index is 0.285. The van der Waals surface area contributed by atoms with Crippen LogP contribution in [0, 0.1) is 0 Å². The van der Waals surface area contributed by atoms with E-state index in [4.69, 9.17) is 4.42 Å². The van der Waals surface area contributed by atoms with Crippen molar-refractivity contribution in [3.05, 3.63) is 58.1 Å². The normalized spacial score (nSPS) is 11.1. The molecule has 5 nitrogen and oxygen atoms in total. The number of benzene rings is 1. The summed E-state index contributed by atoms with van der Waals surface area (Å²) in [7, 11) is 0. The quantitative estimate of drug-likeness (QED) is 0.384. The molecular formula is C19H17N3O2S3. The summed E-state index contributed by atoms with van der Waals surface area (Å²) >= 11 is 4.80. The molecule has 4 rings (SSSR count). The van der Waals surface area contributed by atoms with Crippen molar-refractivity contribution in [1.29, 1.82) is 0 Å². The maximum absolute atomic E-state index is 12.9. The molecule has 0 fully saturated rings. The maximum Gasteiger partial charge on any atom is 0.293 e. The zero-order valence-corrected chi connectivity index (χ0v) is 17.0. The van der Waals surface area contributed by atoms with Crippen LogP contribution in [-0.2, 0) is 12.2 Å². The average Bonchev–Trinajstić information content (AvgIpc) is 3.40.